The number of carbonyl (C=O) groups is 1. The van der Waals surface area contributed by atoms with Gasteiger partial charge in [0.2, 0.25) is 11.8 Å². The van der Waals surface area contributed by atoms with Crippen molar-refractivity contribution in [3.8, 4) is 5.75 Å². The Kier molecular flexibility index (Phi) is 6.56. The van der Waals surface area contributed by atoms with Crippen LogP contribution in [0.4, 0.5) is 0 Å². The molecule has 1 saturated heterocycles. The molecule has 26 heavy (non-hydrogen) atoms. The summed E-state index contributed by atoms with van der Waals surface area (Å²) in [6.45, 7) is 2.08. The van der Waals surface area contributed by atoms with Gasteiger partial charge >= 0.3 is 0 Å². The lowest BCUT2D eigenvalue weighted by Crippen LogP contribution is -2.41. The number of carbonyl (C=O) groups excluding carboxylic acids is 1. The van der Waals surface area contributed by atoms with E-state index in [1.54, 1.807) is 7.11 Å². The molecule has 3 rings (SSSR count). The number of nitrogens with zero attached hydrogens (tertiary/aromatic N) is 2. The predicted molar refractivity (Wildman–Crippen MR) is 93.5 cm³/mol. The molecule has 8 heteroatoms. The highest BCUT2D eigenvalue weighted by atomic mass is 16.5. The van der Waals surface area contributed by atoms with Gasteiger partial charge in [0.15, 0.2) is 5.82 Å². The van der Waals surface area contributed by atoms with E-state index in [9.17, 15) is 4.79 Å². The van der Waals surface area contributed by atoms with Crippen LogP contribution in [0.1, 0.15) is 30.1 Å². The van der Waals surface area contributed by atoms with E-state index in [1.807, 2.05) is 24.3 Å². The first-order valence-corrected chi connectivity index (χ1v) is 8.78. The van der Waals surface area contributed by atoms with Crippen molar-refractivity contribution < 1.29 is 18.8 Å². The van der Waals surface area contributed by atoms with Gasteiger partial charge in [0.25, 0.3) is 0 Å². The number of hydrogen-bond donors (Lipinski definition) is 2. The molecule has 2 N–H and O–H groups in total. The van der Waals surface area contributed by atoms with Crippen molar-refractivity contribution >= 4 is 5.91 Å². The van der Waals surface area contributed by atoms with Gasteiger partial charge in [-0.25, -0.2) is 0 Å². The maximum Gasteiger partial charge on any atom is 0.237 e. The molecule has 140 valence electrons. The number of methoxy groups -OCH3 is 1. The Bertz CT molecular complexity index is 713. The van der Waals surface area contributed by atoms with E-state index < -0.39 is 0 Å². The SMILES string of the molecule is COc1cccc(COCc2noc(CCNC(=O)C3CCCN3)n2)c1. The minimum Gasteiger partial charge on any atom is -0.497 e. The fourth-order valence-electron chi connectivity index (χ4n) is 2.80. The Morgan fingerprint density at radius 2 is 2.35 bits per heavy atom. The molecule has 2 aromatic rings. The standard InChI is InChI=1S/C18H24N4O4/c1-24-14-5-2-4-13(10-14)11-25-12-16-21-17(26-22-16)7-9-20-18(23)15-6-3-8-19-15/h2,4-5,10,15,19H,3,6-9,11-12H2,1H3,(H,20,23). The zero-order valence-electron chi connectivity index (χ0n) is 14.9. The molecular formula is C18H24N4O4. The number of hydrogen-bond acceptors (Lipinski definition) is 7. The maximum atomic E-state index is 11.9. The molecule has 1 aliphatic rings. The Labute approximate surface area is 152 Å². The van der Waals surface area contributed by atoms with Crippen molar-refractivity contribution in [3.05, 3.63) is 41.5 Å². The fraction of sp³-hybridized carbons (Fsp3) is 0.500. The van der Waals surface area contributed by atoms with Crippen LogP contribution in [0.25, 0.3) is 0 Å². The van der Waals surface area contributed by atoms with Gasteiger partial charge in [-0.3, -0.25) is 4.79 Å². The van der Waals surface area contributed by atoms with Crippen LogP contribution < -0.4 is 15.4 Å². The average molecular weight is 360 g/mol. The summed E-state index contributed by atoms with van der Waals surface area (Å²) in [5.41, 5.74) is 1.01. The van der Waals surface area contributed by atoms with Crippen molar-refractivity contribution in [2.45, 2.75) is 38.5 Å². The van der Waals surface area contributed by atoms with Gasteiger partial charge < -0.3 is 24.6 Å². The van der Waals surface area contributed by atoms with E-state index in [1.165, 1.54) is 0 Å². The highest BCUT2D eigenvalue weighted by molar-refractivity contribution is 5.81. The average Bonchev–Trinajstić information content (AvgIpc) is 3.34. The van der Waals surface area contributed by atoms with Crippen molar-refractivity contribution in [1.82, 2.24) is 20.8 Å². The van der Waals surface area contributed by atoms with Crippen molar-refractivity contribution in [2.24, 2.45) is 0 Å². The molecule has 1 aromatic carbocycles. The smallest absolute Gasteiger partial charge is 0.237 e. The van der Waals surface area contributed by atoms with Gasteiger partial charge in [-0.15, -0.1) is 0 Å². The van der Waals surface area contributed by atoms with Gasteiger partial charge in [0.05, 0.1) is 19.8 Å². The second-order valence-electron chi connectivity index (χ2n) is 6.14. The fourth-order valence-corrected chi connectivity index (χ4v) is 2.80. The Hall–Kier alpha value is -2.45. The van der Waals surface area contributed by atoms with Crippen LogP contribution in [0.3, 0.4) is 0 Å². The first kappa shape index (κ1) is 18.3. The lowest BCUT2D eigenvalue weighted by atomic mass is 10.2. The van der Waals surface area contributed by atoms with Crippen LogP contribution in [0.5, 0.6) is 5.75 Å². The monoisotopic (exact) mass is 360 g/mol. The highest BCUT2D eigenvalue weighted by Gasteiger charge is 2.21. The van der Waals surface area contributed by atoms with Gasteiger partial charge in [0.1, 0.15) is 12.4 Å². The van der Waals surface area contributed by atoms with Crippen molar-refractivity contribution in [3.63, 3.8) is 0 Å². The zero-order valence-corrected chi connectivity index (χ0v) is 14.9. The minimum absolute atomic E-state index is 0.0314. The third-order valence-electron chi connectivity index (χ3n) is 4.16. The summed E-state index contributed by atoms with van der Waals surface area (Å²) >= 11 is 0. The Morgan fingerprint density at radius 3 is 3.15 bits per heavy atom. The summed E-state index contributed by atoms with van der Waals surface area (Å²) < 4.78 is 16.0. The van der Waals surface area contributed by atoms with Crippen molar-refractivity contribution in [1.29, 1.82) is 0 Å². The number of rotatable bonds is 9. The van der Waals surface area contributed by atoms with Crippen LogP contribution in [-0.2, 0) is 29.2 Å². The summed E-state index contributed by atoms with van der Waals surface area (Å²) in [7, 11) is 1.63. The molecule has 1 aromatic heterocycles. The van der Waals surface area contributed by atoms with Gasteiger partial charge in [-0.2, -0.15) is 4.98 Å². The number of nitrogens with one attached hydrogen (secondary N) is 2. The highest BCUT2D eigenvalue weighted by Crippen LogP contribution is 2.13. The second-order valence-corrected chi connectivity index (χ2v) is 6.14. The summed E-state index contributed by atoms with van der Waals surface area (Å²) in [5.74, 6) is 1.81. The number of benzene rings is 1. The van der Waals surface area contributed by atoms with Gasteiger partial charge in [0, 0.05) is 13.0 Å². The summed E-state index contributed by atoms with van der Waals surface area (Å²) in [6.07, 6.45) is 2.43. The summed E-state index contributed by atoms with van der Waals surface area (Å²) in [6, 6.07) is 7.61. The largest absolute Gasteiger partial charge is 0.497 e. The first-order chi connectivity index (χ1) is 12.7. The zero-order chi connectivity index (χ0) is 18.2. The summed E-state index contributed by atoms with van der Waals surface area (Å²) in [4.78, 5) is 16.2. The van der Waals surface area contributed by atoms with Crippen molar-refractivity contribution in [2.75, 3.05) is 20.2 Å². The van der Waals surface area contributed by atoms with Gasteiger partial charge in [-0.05, 0) is 37.1 Å². The van der Waals surface area contributed by atoms with E-state index in [2.05, 4.69) is 20.8 Å². The molecule has 0 saturated carbocycles. The summed E-state index contributed by atoms with van der Waals surface area (Å²) in [5, 5.41) is 9.95. The van der Waals surface area contributed by atoms with E-state index in [4.69, 9.17) is 14.0 Å². The van der Waals surface area contributed by atoms with Crippen LogP contribution in [0.2, 0.25) is 0 Å². The van der Waals surface area contributed by atoms with Crippen LogP contribution in [0, 0.1) is 0 Å². The molecule has 0 bridgehead atoms. The van der Waals surface area contributed by atoms with E-state index in [-0.39, 0.29) is 18.6 Å². The second kappa shape index (κ2) is 9.30. The number of aromatic nitrogens is 2. The van der Waals surface area contributed by atoms with Gasteiger partial charge in [-0.1, -0.05) is 17.3 Å². The van der Waals surface area contributed by atoms with Crippen LogP contribution in [0.15, 0.2) is 28.8 Å². The number of amides is 1. The third kappa shape index (κ3) is 5.27. The molecule has 0 radical (unpaired) electrons. The van der Waals surface area contributed by atoms with E-state index in [0.717, 1.165) is 30.7 Å². The molecule has 1 amide bonds. The third-order valence-corrected chi connectivity index (χ3v) is 4.16. The van der Waals surface area contributed by atoms with Crippen LogP contribution in [-0.4, -0.2) is 42.3 Å². The molecule has 0 spiro atoms. The molecular weight excluding hydrogens is 336 g/mol. The molecule has 8 nitrogen and oxygen atoms in total. The molecule has 1 aliphatic heterocycles. The minimum atomic E-state index is -0.0711. The molecule has 0 aliphatic carbocycles. The number of ether oxygens (including phenoxy) is 2. The Morgan fingerprint density at radius 1 is 1.42 bits per heavy atom. The molecule has 1 fully saturated rings. The lowest BCUT2D eigenvalue weighted by Gasteiger charge is -2.09. The molecule has 1 unspecified atom stereocenters. The topological polar surface area (TPSA) is 98.5 Å². The quantitative estimate of drug-likeness (QED) is 0.693. The lowest BCUT2D eigenvalue weighted by molar-refractivity contribution is -0.122. The van der Waals surface area contributed by atoms with E-state index in [0.29, 0.717) is 31.3 Å². The maximum absolute atomic E-state index is 11.9. The van der Waals surface area contributed by atoms with Crippen LogP contribution >= 0.6 is 0 Å². The Balaban J connectivity index is 1.36. The molecule has 2 heterocycles. The first-order valence-electron chi connectivity index (χ1n) is 8.78. The molecule has 1 atom stereocenters. The van der Waals surface area contributed by atoms with E-state index >= 15 is 0 Å². The predicted octanol–water partition coefficient (Wildman–Crippen LogP) is 1.21. The normalized spacial score (nSPS) is 16.6.